The fraction of sp³-hybridized carbons (Fsp3) is 0.571. The molecule has 0 N–H and O–H groups in total. The van der Waals surface area contributed by atoms with E-state index in [-0.39, 0.29) is 4.70 Å². The van der Waals surface area contributed by atoms with Gasteiger partial charge in [-0.25, -0.2) is 0 Å². The van der Waals surface area contributed by atoms with Crippen LogP contribution >= 0.6 is 27.3 Å². The van der Waals surface area contributed by atoms with Crippen LogP contribution in [-0.2, 0) is 6.54 Å². The van der Waals surface area contributed by atoms with E-state index in [4.69, 9.17) is 0 Å². The number of rotatable bonds is 1. The first-order chi connectivity index (χ1) is 6.40. The van der Waals surface area contributed by atoms with Crippen molar-refractivity contribution in [3.05, 3.63) is 14.5 Å². The SMILES string of the molecule is CC[n+]1c(Br)sc(C)c1C.FB(F)F.[F-]. The van der Waals surface area contributed by atoms with Crippen molar-refractivity contribution in [1.82, 2.24) is 0 Å². The Hall–Kier alpha value is -0.105. The molecule has 0 unspecified atom stereocenters. The summed E-state index contributed by atoms with van der Waals surface area (Å²) < 4.78 is 32.5. The van der Waals surface area contributed by atoms with Crippen LogP contribution in [0, 0.1) is 13.8 Å². The average molecular weight is 308 g/mol. The summed E-state index contributed by atoms with van der Waals surface area (Å²) in [5.74, 6) is 0. The molecule has 0 aliphatic heterocycles. The Morgan fingerprint density at radius 3 is 1.87 bits per heavy atom. The molecule has 8 heteroatoms. The predicted octanol–water partition coefficient (Wildman–Crippen LogP) is 0.319. The van der Waals surface area contributed by atoms with Gasteiger partial charge in [0.15, 0.2) is 5.69 Å². The highest BCUT2D eigenvalue weighted by molar-refractivity contribution is 9.11. The number of hydrogen-bond donors (Lipinski definition) is 0. The van der Waals surface area contributed by atoms with E-state index in [2.05, 4.69) is 41.3 Å². The highest BCUT2D eigenvalue weighted by Gasteiger charge is 2.15. The zero-order chi connectivity index (χ0) is 11.3. The molecular weight excluding hydrogens is 297 g/mol. The molecule has 1 aromatic rings. The third-order valence-corrected chi connectivity index (χ3v) is 3.58. The number of aryl methyl sites for hydroxylation is 1. The van der Waals surface area contributed by atoms with E-state index in [0.717, 1.165) is 6.54 Å². The first-order valence-corrected chi connectivity index (χ1v) is 5.58. The monoisotopic (exact) mass is 307 g/mol. The molecule has 0 bridgehead atoms. The maximum Gasteiger partial charge on any atom is 0.762 e. The summed E-state index contributed by atoms with van der Waals surface area (Å²) >= 11 is 5.31. The van der Waals surface area contributed by atoms with E-state index >= 15 is 0 Å². The van der Waals surface area contributed by atoms with Crippen LogP contribution in [0.4, 0.5) is 12.9 Å². The van der Waals surface area contributed by atoms with Gasteiger partial charge >= 0.3 is 11.5 Å². The molecular formula is C7H11BBrF4NS. The lowest BCUT2D eigenvalue weighted by Gasteiger charge is -1.88. The van der Waals surface area contributed by atoms with Crippen molar-refractivity contribution in [1.29, 1.82) is 0 Å². The van der Waals surface area contributed by atoms with Crippen molar-refractivity contribution in [2.24, 2.45) is 0 Å². The van der Waals surface area contributed by atoms with Gasteiger partial charge in [0, 0.05) is 22.9 Å². The second-order valence-corrected chi connectivity index (χ2v) is 4.97. The summed E-state index contributed by atoms with van der Waals surface area (Å²) in [5, 5.41) is 0. The van der Waals surface area contributed by atoms with E-state index in [1.54, 1.807) is 11.3 Å². The number of nitrogens with zero attached hydrogens (tertiary/aromatic N) is 1. The Kier molecular flexibility index (Phi) is 9.33. The van der Waals surface area contributed by atoms with Crippen molar-refractivity contribution in [2.75, 3.05) is 0 Å². The van der Waals surface area contributed by atoms with Gasteiger partial charge in [0.05, 0.1) is 4.88 Å². The van der Waals surface area contributed by atoms with Crippen molar-refractivity contribution in [3.63, 3.8) is 0 Å². The second kappa shape index (κ2) is 8.09. The molecule has 0 atom stereocenters. The number of halogens is 5. The van der Waals surface area contributed by atoms with Crippen LogP contribution in [0.15, 0.2) is 3.92 Å². The van der Waals surface area contributed by atoms with Crippen LogP contribution in [0.1, 0.15) is 17.5 Å². The maximum atomic E-state index is 9.67. The summed E-state index contributed by atoms with van der Waals surface area (Å²) in [6.45, 7) is 7.51. The largest absolute Gasteiger partial charge is 1.00 e. The third kappa shape index (κ3) is 6.14. The van der Waals surface area contributed by atoms with Crippen molar-refractivity contribution < 1.29 is 22.2 Å². The first-order valence-electron chi connectivity index (χ1n) is 3.97. The van der Waals surface area contributed by atoms with Crippen LogP contribution in [0.3, 0.4) is 0 Å². The van der Waals surface area contributed by atoms with Gasteiger partial charge in [-0.15, -0.1) is 0 Å². The predicted molar refractivity (Wildman–Crippen MR) is 56.4 cm³/mol. The fourth-order valence-electron chi connectivity index (χ4n) is 0.939. The van der Waals surface area contributed by atoms with E-state index in [0.29, 0.717) is 0 Å². The minimum Gasteiger partial charge on any atom is -1.00 e. The van der Waals surface area contributed by atoms with Crippen LogP contribution in [-0.4, -0.2) is 7.54 Å². The zero-order valence-electron chi connectivity index (χ0n) is 8.53. The Bertz CT molecular complexity index is 292. The van der Waals surface area contributed by atoms with Crippen molar-refractivity contribution in [3.8, 4) is 0 Å². The molecule has 0 fully saturated rings. The number of aromatic nitrogens is 1. The molecule has 0 amide bonds. The molecule has 0 radical (unpaired) electrons. The summed E-state index contributed by atoms with van der Waals surface area (Å²) in [6, 6.07) is 0. The fourth-order valence-corrected chi connectivity index (χ4v) is 3.07. The molecule has 0 aliphatic carbocycles. The van der Waals surface area contributed by atoms with Gasteiger partial charge in [-0.1, -0.05) is 11.3 Å². The van der Waals surface area contributed by atoms with Gasteiger partial charge < -0.3 is 4.70 Å². The molecule has 0 saturated carbocycles. The Labute approximate surface area is 99.0 Å². The van der Waals surface area contributed by atoms with Crippen LogP contribution < -0.4 is 9.27 Å². The minimum absolute atomic E-state index is 0. The lowest BCUT2D eigenvalue weighted by molar-refractivity contribution is -0.704. The maximum absolute atomic E-state index is 9.67. The summed E-state index contributed by atoms with van der Waals surface area (Å²) in [6.07, 6.45) is 0. The van der Waals surface area contributed by atoms with Crippen molar-refractivity contribution in [2.45, 2.75) is 27.3 Å². The zero-order valence-corrected chi connectivity index (χ0v) is 10.9. The Morgan fingerprint density at radius 1 is 1.33 bits per heavy atom. The van der Waals surface area contributed by atoms with Gasteiger partial charge in [0.2, 0.25) is 0 Å². The Balaban J connectivity index is 0. The van der Waals surface area contributed by atoms with Gasteiger partial charge in [-0.2, -0.15) is 4.57 Å². The molecule has 1 nitrogen and oxygen atoms in total. The van der Waals surface area contributed by atoms with Gasteiger partial charge in [-0.3, -0.25) is 12.9 Å². The topological polar surface area (TPSA) is 3.88 Å². The highest BCUT2D eigenvalue weighted by atomic mass is 79.9. The van der Waals surface area contributed by atoms with Crippen LogP contribution in [0.25, 0.3) is 0 Å². The van der Waals surface area contributed by atoms with Crippen molar-refractivity contribution >= 4 is 34.8 Å². The normalized spacial score (nSPS) is 8.73. The van der Waals surface area contributed by atoms with Crippen LogP contribution in [0.2, 0.25) is 0 Å². The molecule has 1 heterocycles. The van der Waals surface area contributed by atoms with Gasteiger partial charge in [0.25, 0.3) is 0 Å². The number of hydrogen-bond acceptors (Lipinski definition) is 1. The smallest absolute Gasteiger partial charge is 0.762 e. The minimum atomic E-state index is -3.67. The lowest BCUT2D eigenvalue weighted by Crippen LogP contribution is -3.00. The van der Waals surface area contributed by atoms with Gasteiger partial charge in [-0.05, 0) is 13.8 Å². The number of thiazole rings is 1. The third-order valence-electron chi connectivity index (χ3n) is 1.68. The van der Waals surface area contributed by atoms with E-state index in [9.17, 15) is 12.9 Å². The highest BCUT2D eigenvalue weighted by Crippen LogP contribution is 2.19. The van der Waals surface area contributed by atoms with E-state index in [1.807, 2.05) is 0 Å². The standard InChI is InChI=1S/C7H11BrNS.BF3.FH/c1-4-9-5(2)6(3)10-7(9)8;2-1(3)4;/h4H2,1-3H3;;1H/q+1;;/p-1. The summed E-state index contributed by atoms with van der Waals surface area (Å²) in [7, 11) is -3.67. The molecule has 0 aliphatic rings. The van der Waals surface area contributed by atoms with E-state index in [1.165, 1.54) is 14.5 Å². The average Bonchev–Trinajstić information content (AvgIpc) is 2.25. The molecule has 15 heavy (non-hydrogen) atoms. The van der Waals surface area contributed by atoms with E-state index < -0.39 is 7.54 Å². The summed E-state index contributed by atoms with van der Waals surface area (Å²) in [4.78, 5) is 1.40. The summed E-state index contributed by atoms with van der Waals surface area (Å²) in [5.41, 5.74) is 1.37. The quantitative estimate of drug-likeness (QED) is 0.400. The molecule has 88 valence electrons. The lowest BCUT2D eigenvalue weighted by atomic mass is 10.4. The molecule has 0 saturated heterocycles. The molecule has 0 aromatic carbocycles. The van der Waals surface area contributed by atoms with Crippen LogP contribution in [0.5, 0.6) is 0 Å². The first kappa shape index (κ1) is 17.3. The molecule has 0 spiro atoms. The Morgan fingerprint density at radius 2 is 1.73 bits per heavy atom. The molecule has 1 rings (SSSR count). The molecule has 1 aromatic heterocycles. The van der Waals surface area contributed by atoms with Gasteiger partial charge in [0.1, 0.15) is 6.54 Å². The second-order valence-electron chi connectivity index (χ2n) is 2.49.